The monoisotopic (exact) mass is 421 g/mol. The predicted octanol–water partition coefficient (Wildman–Crippen LogP) is 2.30. The number of carbonyl (C=O) groups is 2. The van der Waals surface area contributed by atoms with E-state index in [1.165, 1.54) is 0 Å². The van der Waals surface area contributed by atoms with E-state index in [-0.39, 0.29) is 18.4 Å². The summed E-state index contributed by atoms with van der Waals surface area (Å²) in [4.78, 5) is 23.9. The zero-order chi connectivity index (χ0) is 21.4. The summed E-state index contributed by atoms with van der Waals surface area (Å²) in [5, 5.41) is 18.8. The number of rotatable bonds is 7. The number of aromatic nitrogens is 3. The van der Waals surface area contributed by atoms with Crippen LogP contribution in [-0.2, 0) is 23.1 Å². The summed E-state index contributed by atoms with van der Waals surface area (Å²) in [6.07, 6.45) is 3.45. The van der Waals surface area contributed by atoms with E-state index in [2.05, 4.69) is 27.3 Å². The van der Waals surface area contributed by atoms with Crippen molar-refractivity contribution in [3.63, 3.8) is 0 Å². The van der Waals surface area contributed by atoms with Crippen molar-refractivity contribution >= 4 is 24.0 Å². The molecule has 1 aliphatic rings. The molecular formula is C20H28ClN5O3. The van der Waals surface area contributed by atoms with Crippen molar-refractivity contribution < 1.29 is 14.7 Å². The molecule has 2 aromatic rings. The van der Waals surface area contributed by atoms with Gasteiger partial charge in [0.2, 0.25) is 5.91 Å². The topological polar surface area (TPSA) is 100 Å². The molecule has 0 spiro atoms. The van der Waals surface area contributed by atoms with Crippen LogP contribution < -0.4 is 5.32 Å². The zero-order valence-electron chi connectivity index (χ0n) is 17.0. The maximum absolute atomic E-state index is 13.2. The summed E-state index contributed by atoms with van der Waals surface area (Å²) >= 11 is 6.00. The molecule has 1 aromatic carbocycles. The van der Waals surface area contributed by atoms with Gasteiger partial charge in [-0.05, 0) is 44.0 Å². The number of halogens is 1. The Morgan fingerprint density at radius 3 is 2.52 bits per heavy atom. The van der Waals surface area contributed by atoms with E-state index in [9.17, 15) is 4.79 Å². The number of likely N-dealkylation sites (tertiary alicyclic amines) is 1. The third-order valence-corrected chi connectivity index (χ3v) is 5.26. The van der Waals surface area contributed by atoms with Gasteiger partial charge in [-0.2, -0.15) is 0 Å². The van der Waals surface area contributed by atoms with Crippen molar-refractivity contribution in [3.8, 4) is 0 Å². The number of carboxylic acid groups (broad SMARTS) is 1. The average molecular weight is 422 g/mol. The molecule has 1 fully saturated rings. The fourth-order valence-corrected chi connectivity index (χ4v) is 3.84. The van der Waals surface area contributed by atoms with Crippen LogP contribution in [0.4, 0.5) is 0 Å². The van der Waals surface area contributed by atoms with Crippen LogP contribution in [0.3, 0.4) is 0 Å². The van der Waals surface area contributed by atoms with Gasteiger partial charge in [0.1, 0.15) is 6.33 Å². The van der Waals surface area contributed by atoms with Crippen molar-refractivity contribution in [3.05, 3.63) is 47.0 Å². The summed E-state index contributed by atoms with van der Waals surface area (Å²) in [6.45, 7) is 6.44. The molecule has 1 saturated heterocycles. The molecule has 2 heterocycles. The van der Waals surface area contributed by atoms with E-state index in [1.807, 2.05) is 42.8 Å². The molecule has 8 nitrogen and oxygen atoms in total. The summed E-state index contributed by atoms with van der Waals surface area (Å²) in [5.41, 5.74) is 0.725. The Balaban J connectivity index is 0.000000941. The van der Waals surface area contributed by atoms with E-state index < -0.39 is 5.41 Å². The van der Waals surface area contributed by atoms with Gasteiger partial charge >= 0.3 is 0 Å². The molecule has 3 rings (SSSR count). The molecule has 1 amide bonds. The normalized spacial score (nSPS) is 16.1. The van der Waals surface area contributed by atoms with Gasteiger partial charge in [-0.15, -0.1) is 10.2 Å². The minimum Gasteiger partial charge on any atom is -0.483 e. The van der Waals surface area contributed by atoms with Crippen LogP contribution in [0.1, 0.15) is 37.7 Å². The van der Waals surface area contributed by atoms with Crippen LogP contribution in [0.5, 0.6) is 0 Å². The molecule has 9 heteroatoms. The zero-order valence-corrected chi connectivity index (χ0v) is 17.8. The standard InChI is InChI=1S/C19H26ClN5O.CH2O2/c1-4-9-25-11-19(12-25,10-15-5-7-16(20)8-6-15)18(26)22-14(2)17-23-21-13-24(17)3;2-1-3/h5-8,13-14H,4,9-12H2,1-3H3,(H,22,26);1H,(H,2,3). The second kappa shape index (κ2) is 10.4. The van der Waals surface area contributed by atoms with Crippen LogP contribution in [0.25, 0.3) is 0 Å². The van der Waals surface area contributed by atoms with Crippen LogP contribution in [-0.4, -0.2) is 56.8 Å². The van der Waals surface area contributed by atoms with Crippen LogP contribution in [0.2, 0.25) is 5.02 Å². The lowest BCUT2D eigenvalue weighted by atomic mass is 9.73. The molecule has 0 radical (unpaired) electrons. The number of nitrogens with one attached hydrogen (secondary N) is 1. The molecule has 1 unspecified atom stereocenters. The second-order valence-corrected chi connectivity index (χ2v) is 7.83. The van der Waals surface area contributed by atoms with Gasteiger partial charge in [0.15, 0.2) is 5.82 Å². The van der Waals surface area contributed by atoms with Crippen LogP contribution in [0, 0.1) is 5.41 Å². The SMILES string of the molecule is CCCN1CC(Cc2ccc(Cl)cc2)(C(=O)NC(C)c2nncn2C)C1.O=CO. The quantitative estimate of drug-likeness (QED) is 0.665. The summed E-state index contributed by atoms with van der Waals surface area (Å²) < 4.78 is 1.83. The van der Waals surface area contributed by atoms with E-state index in [0.717, 1.165) is 37.4 Å². The highest BCUT2D eigenvalue weighted by atomic mass is 35.5. The number of benzene rings is 1. The fourth-order valence-electron chi connectivity index (χ4n) is 3.71. The highest BCUT2D eigenvalue weighted by Gasteiger charge is 2.49. The Bertz CT molecular complexity index is 803. The Labute approximate surface area is 175 Å². The third kappa shape index (κ3) is 5.77. The summed E-state index contributed by atoms with van der Waals surface area (Å²) in [6, 6.07) is 7.59. The molecule has 29 heavy (non-hydrogen) atoms. The number of amides is 1. The van der Waals surface area contributed by atoms with Gasteiger partial charge < -0.3 is 19.9 Å². The molecule has 1 aliphatic heterocycles. The number of hydrogen-bond acceptors (Lipinski definition) is 5. The Hall–Kier alpha value is -2.45. The molecular weight excluding hydrogens is 394 g/mol. The first-order chi connectivity index (χ1) is 13.8. The molecule has 158 valence electrons. The predicted molar refractivity (Wildman–Crippen MR) is 111 cm³/mol. The number of hydrogen-bond donors (Lipinski definition) is 2. The Morgan fingerprint density at radius 2 is 2.00 bits per heavy atom. The van der Waals surface area contributed by atoms with E-state index in [0.29, 0.717) is 11.4 Å². The van der Waals surface area contributed by atoms with Crippen molar-refractivity contribution in [1.29, 1.82) is 0 Å². The van der Waals surface area contributed by atoms with E-state index in [1.54, 1.807) is 6.33 Å². The molecule has 1 aromatic heterocycles. The molecule has 2 N–H and O–H groups in total. The average Bonchev–Trinajstić information content (AvgIpc) is 3.08. The first-order valence-electron chi connectivity index (χ1n) is 9.54. The maximum atomic E-state index is 13.2. The first-order valence-corrected chi connectivity index (χ1v) is 9.92. The highest BCUT2D eigenvalue weighted by Crippen LogP contribution is 2.35. The van der Waals surface area contributed by atoms with Crippen molar-refractivity contribution in [1.82, 2.24) is 25.0 Å². The second-order valence-electron chi connectivity index (χ2n) is 7.39. The molecule has 0 aliphatic carbocycles. The Kier molecular flexibility index (Phi) is 8.16. The van der Waals surface area contributed by atoms with Gasteiger partial charge in [0.05, 0.1) is 11.5 Å². The fraction of sp³-hybridized carbons (Fsp3) is 0.500. The molecule has 0 bridgehead atoms. The minimum atomic E-state index is -0.407. The maximum Gasteiger partial charge on any atom is 0.290 e. The van der Waals surface area contributed by atoms with Crippen molar-refractivity contribution in [2.24, 2.45) is 12.5 Å². The van der Waals surface area contributed by atoms with Gasteiger partial charge in [0.25, 0.3) is 6.47 Å². The smallest absolute Gasteiger partial charge is 0.290 e. The van der Waals surface area contributed by atoms with Gasteiger partial charge in [-0.25, -0.2) is 0 Å². The Morgan fingerprint density at radius 1 is 1.38 bits per heavy atom. The molecule has 1 atom stereocenters. The highest BCUT2D eigenvalue weighted by molar-refractivity contribution is 6.30. The lowest BCUT2D eigenvalue weighted by molar-refractivity contribution is -0.142. The molecule has 0 saturated carbocycles. The number of carbonyl (C=O) groups excluding carboxylic acids is 1. The van der Waals surface area contributed by atoms with Crippen molar-refractivity contribution in [2.45, 2.75) is 32.7 Å². The third-order valence-electron chi connectivity index (χ3n) is 5.01. The first kappa shape index (κ1) is 22.8. The number of aryl methyl sites for hydroxylation is 1. The van der Waals surface area contributed by atoms with Crippen LogP contribution >= 0.6 is 11.6 Å². The minimum absolute atomic E-state index is 0.0790. The summed E-state index contributed by atoms with van der Waals surface area (Å²) in [7, 11) is 1.88. The summed E-state index contributed by atoms with van der Waals surface area (Å²) in [5.74, 6) is 0.833. The van der Waals surface area contributed by atoms with Gasteiger partial charge in [-0.1, -0.05) is 30.7 Å². The number of nitrogens with zero attached hydrogens (tertiary/aromatic N) is 4. The lowest BCUT2D eigenvalue weighted by Gasteiger charge is -2.49. The van der Waals surface area contributed by atoms with E-state index in [4.69, 9.17) is 21.5 Å². The lowest BCUT2D eigenvalue weighted by Crippen LogP contribution is -2.64. The van der Waals surface area contributed by atoms with Gasteiger partial charge in [-0.3, -0.25) is 9.59 Å². The van der Waals surface area contributed by atoms with Crippen molar-refractivity contribution in [2.75, 3.05) is 19.6 Å². The van der Waals surface area contributed by atoms with E-state index >= 15 is 0 Å². The van der Waals surface area contributed by atoms with Gasteiger partial charge in [0, 0.05) is 25.2 Å². The van der Waals surface area contributed by atoms with Crippen LogP contribution in [0.15, 0.2) is 30.6 Å². The largest absolute Gasteiger partial charge is 0.483 e.